The second kappa shape index (κ2) is 9.11. The van der Waals surface area contributed by atoms with Gasteiger partial charge in [-0.1, -0.05) is 33.6 Å². The molecule has 1 saturated heterocycles. The summed E-state index contributed by atoms with van der Waals surface area (Å²) in [7, 11) is -3.03. The van der Waals surface area contributed by atoms with E-state index in [2.05, 4.69) is 26.1 Å². The summed E-state index contributed by atoms with van der Waals surface area (Å²) in [5, 5.41) is 3.70. The van der Waals surface area contributed by atoms with Gasteiger partial charge in [0.05, 0.1) is 6.26 Å². The molecule has 0 aromatic carbocycles. The van der Waals surface area contributed by atoms with Gasteiger partial charge in [0.25, 0.3) is 0 Å². The van der Waals surface area contributed by atoms with E-state index in [9.17, 15) is 8.42 Å². The summed E-state index contributed by atoms with van der Waals surface area (Å²) < 4.78 is 25.2. The van der Waals surface area contributed by atoms with Crippen LogP contribution in [0.2, 0.25) is 0 Å². The minimum absolute atomic E-state index is 0.503. The van der Waals surface area contributed by atoms with Crippen molar-refractivity contribution in [3.05, 3.63) is 0 Å². The van der Waals surface area contributed by atoms with Crippen molar-refractivity contribution < 1.29 is 8.42 Å². The van der Waals surface area contributed by atoms with Gasteiger partial charge in [-0.2, -0.15) is 0 Å². The monoisotopic (exact) mass is 318 g/mol. The van der Waals surface area contributed by atoms with E-state index in [0.717, 1.165) is 32.2 Å². The number of piperidine rings is 1. The molecule has 0 saturated carbocycles. The molecule has 1 fully saturated rings. The molecule has 0 aliphatic carbocycles. The van der Waals surface area contributed by atoms with Crippen LogP contribution < -0.4 is 5.32 Å². The van der Waals surface area contributed by atoms with Crippen molar-refractivity contribution >= 4 is 10.0 Å². The van der Waals surface area contributed by atoms with Crippen molar-refractivity contribution in [3.8, 4) is 0 Å². The number of nitrogens with one attached hydrogen (secondary N) is 1. The lowest BCUT2D eigenvalue weighted by atomic mass is 9.84. The van der Waals surface area contributed by atoms with Crippen LogP contribution in [0.4, 0.5) is 0 Å². The fourth-order valence-electron chi connectivity index (χ4n) is 3.51. The van der Waals surface area contributed by atoms with E-state index in [0.29, 0.717) is 31.0 Å². The van der Waals surface area contributed by atoms with E-state index in [-0.39, 0.29) is 0 Å². The first-order chi connectivity index (χ1) is 9.92. The molecular formula is C16H34N2O2S. The molecule has 0 amide bonds. The van der Waals surface area contributed by atoms with Gasteiger partial charge in [-0.15, -0.1) is 0 Å². The van der Waals surface area contributed by atoms with Gasteiger partial charge in [0, 0.05) is 19.1 Å². The van der Waals surface area contributed by atoms with Gasteiger partial charge in [0.1, 0.15) is 0 Å². The molecule has 0 radical (unpaired) electrons. The van der Waals surface area contributed by atoms with Crippen LogP contribution in [-0.2, 0) is 10.0 Å². The quantitative estimate of drug-likeness (QED) is 0.711. The molecule has 126 valence electrons. The van der Waals surface area contributed by atoms with Crippen molar-refractivity contribution in [1.29, 1.82) is 0 Å². The van der Waals surface area contributed by atoms with Crippen LogP contribution in [0.5, 0.6) is 0 Å². The molecule has 21 heavy (non-hydrogen) atoms. The number of nitrogens with zero attached hydrogens (tertiary/aromatic N) is 1. The average Bonchev–Trinajstić information content (AvgIpc) is 2.45. The third-order valence-electron chi connectivity index (χ3n) is 4.81. The van der Waals surface area contributed by atoms with Gasteiger partial charge >= 0.3 is 0 Å². The maximum atomic E-state index is 11.7. The molecular weight excluding hydrogens is 284 g/mol. The molecule has 0 spiro atoms. The topological polar surface area (TPSA) is 49.4 Å². The van der Waals surface area contributed by atoms with Gasteiger partial charge in [-0.25, -0.2) is 12.7 Å². The van der Waals surface area contributed by atoms with Gasteiger partial charge in [-0.3, -0.25) is 0 Å². The predicted molar refractivity (Wildman–Crippen MR) is 89.9 cm³/mol. The zero-order valence-electron chi connectivity index (χ0n) is 14.3. The zero-order valence-corrected chi connectivity index (χ0v) is 15.1. The van der Waals surface area contributed by atoms with Crippen LogP contribution >= 0.6 is 0 Å². The molecule has 1 N–H and O–H groups in total. The minimum atomic E-state index is -3.03. The Morgan fingerprint density at radius 3 is 2.43 bits per heavy atom. The highest BCUT2D eigenvalue weighted by atomic mass is 32.2. The number of hydrogen-bond acceptors (Lipinski definition) is 3. The molecule has 2 atom stereocenters. The maximum Gasteiger partial charge on any atom is 0.211 e. The lowest BCUT2D eigenvalue weighted by Gasteiger charge is -2.35. The summed E-state index contributed by atoms with van der Waals surface area (Å²) in [5.41, 5.74) is 0. The first kappa shape index (κ1) is 18.9. The van der Waals surface area contributed by atoms with Crippen molar-refractivity contribution in [3.63, 3.8) is 0 Å². The molecule has 1 rings (SSSR count). The second-order valence-electron chi connectivity index (χ2n) is 6.50. The third kappa shape index (κ3) is 6.25. The highest BCUT2D eigenvalue weighted by Gasteiger charge is 2.29. The summed E-state index contributed by atoms with van der Waals surface area (Å²) in [6, 6.07) is 0.532. The van der Waals surface area contributed by atoms with E-state index in [1.165, 1.54) is 19.1 Å². The van der Waals surface area contributed by atoms with Gasteiger partial charge in [0.2, 0.25) is 10.0 Å². The normalized spacial score (nSPS) is 22.6. The van der Waals surface area contributed by atoms with Crippen molar-refractivity contribution in [1.82, 2.24) is 9.62 Å². The smallest absolute Gasteiger partial charge is 0.211 e. The Morgan fingerprint density at radius 2 is 1.90 bits per heavy atom. The second-order valence-corrected chi connectivity index (χ2v) is 8.48. The fourth-order valence-corrected chi connectivity index (χ4v) is 4.45. The lowest BCUT2D eigenvalue weighted by molar-refractivity contribution is 0.209. The Hall–Kier alpha value is -0.130. The minimum Gasteiger partial charge on any atom is -0.314 e. The predicted octanol–water partition coefficient (Wildman–Crippen LogP) is 2.85. The summed E-state index contributed by atoms with van der Waals surface area (Å²) in [4.78, 5) is 0. The number of hydrogen-bond donors (Lipinski definition) is 1. The van der Waals surface area contributed by atoms with Crippen molar-refractivity contribution in [2.45, 2.75) is 65.3 Å². The molecule has 1 heterocycles. The fraction of sp³-hybridized carbons (Fsp3) is 1.00. The zero-order chi connectivity index (χ0) is 15.9. The summed E-state index contributed by atoms with van der Waals surface area (Å²) in [6.07, 6.45) is 8.15. The van der Waals surface area contributed by atoms with E-state index in [4.69, 9.17) is 0 Å². The Balaban J connectivity index is 2.64. The maximum absolute atomic E-state index is 11.7. The molecule has 0 bridgehead atoms. The Bertz CT molecular complexity index is 380. The van der Waals surface area contributed by atoms with Gasteiger partial charge in [-0.05, 0) is 44.1 Å². The number of sulfonamides is 1. The van der Waals surface area contributed by atoms with E-state index < -0.39 is 10.0 Å². The molecule has 0 aromatic heterocycles. The molecule has 5 heteroatoms. The summed E-state index contributed by atoms with van der Waals surface area (Å²) >= 11 is 0. The highest BCUT2D eigenvalue weighted by Crippen LogP contribution is 2.26. The van der Waals surface area contributed by atoms with Crippen molar-refractivity contribution in [2.75, 3.05) is 25.9 Å². The molecule has 4 nitrogen and oxygen atoms in total. The van der Waals surface area contributed by atoms with E-state index in [1.807, 2.05) is 0 Å². The van der Waals surface area contributed by atoms with Crippen LogP contribution in [-0.4, -0.2) is 44.7 Å². The summed E-state index contributed by atoms with van der Waals surface area (Å²) in [6.45, 7) is 9.19. The van der Waals surface area contributed by atoms with Crippen LogP contribution in [0.3, 0.4) is 0 Å². The third-order valence-corrected chi connectivity index (χ3v) is 6.08. The van der Waals surface area contributed by atoms with Crippen LogP contribution in [0.1, 0.15) is 59.3 Å². The first-order valence-corrected chi connectivity index (χ1v) is 10.5. The van der Waals surface area contributed by atoms with Crippen LogP contribution in [0.25, 0.3) is 0 Å². The highest BCUT2D eigenvalue weighted by molar-refractivity contribution is 7.88. The Morgan fingerprint density at radius 1 is 1.24 bits per heavy atom. The van der Waals surface area contributed by atoms with Crippen molar-refractivity contribution in [2.24, 2.45) is 11.8 Å². The average molecular weight is 319 g/mol. The van der Waals surface area contributed by atoms with Crippen LogP contribution in [0, 0.1) is 11.8 Å². The Labute approximate surface area is 131 Å². The summed E-state index contributed by atoms with van der Waals surface area (Å²) in [5.74, 6) is 1.20. The van der Waals surface area contributed by atoms with E-state index in [1.54, 1.807) is 4.31 Å². The molecule has 0 aromatic rings. The standard InChI is InChI=1S/C16H34N2O2S/c1-5-10-17-16(15(6-2)7-3)12-14-9-8-11-18(13-14)21(4,19)20/h14-17H,5-13H2,1-4H3. The van der Waals surface area contributed by atoms with Gasteiger partial charge in [0.15, 0.2) is 0 Å². The lowest BCUT2D eigenvalue weighted by Crippen LogP contribution is -2.44. The number of rotatable bonds is 9. The van der Waals surface area contributed by atoms with E-state index >= 15 is 0 Å². The largest absolute Gasteiger partial charge is 0.314 e. The molecule has 2 unspecified atom stereocenters. The SMILES string of the molecule is CCCNC(CC1CCCN(S(C)(=O)=O)C1)C(CC)CC. The van der Waals surface area contributed by atoms with Crippen LogP contribution in [0.15, 0.2) is 0 Å². The first-order valence-electron chi connectivity index (χ1n) is 8.60. The Kier molecular flexibility index (Phi) is 8.21. The van der Waals surface area contributed by atoms with Gasteiger partial charge < -0.3 is 5.32 Å². The molecule has 1 aliphatic heterocycles. The molecule has 1 aliphatic rings.